The maximum atomic E-state index is 13.3. The lowest BCUT2D eigenvalue weighted by atomic mass is 10.1. The second-order valence-corrected chi connectivity index (χ2v) is 11.2. The zero-order valence-corrected chi connectivity index (χ0v) is 21.7. The van der Waals surface area contributed by atoms with E-state index in [1.165, 1.54) is 24.3 Å². The molecular weight excluding hydrogens is 527 g/mol. The largest absolute Gasteiger partial charge is 0.430 e. The van der Waals surface area contributed by atoms with Crippen LogP contribution in [0.1, 0.15) is 18.7 Å². The number of aliphatic imine (C=N–C) groups is 1. The third kappa shape index (κ3) is 7.67. The summed E-state index contributed by atoms with van der Waals surface area (Å²) in [6.45, 7) is 3.49. The van der Waals surface area contributed by atoms with Gasteiger partial charge in [0.15, 0.2) is 15.6 Å². The number of benzene rings is 2. The Kier molecular flexibility index (Phi) is 8.44. The quantitative estimate of drug-likeness (QED) is 0.359. The molecule has 37 heavy (non-hydrogen) atoms. The number of carbonyl (C=O) groups is 1. The fourth-order valence-corrected chi connectivity index (χ4v) is 4.59. The van der Waals surface area contributed by atoms with Gasteiger partial charge in [0, 0.05) is 12.3 Å². The molecule has 0 unspecified atom stereocenters. The molecule has 196 valence electrons. The Labute approximate surface area is 216 Å². The van der Waals surface area contributed by atoms with Crippen LogP contribution in [0.3, 0.4) is 0 Å². The number of rotatable bonds is 7. The Morgan fingerprint density at radius 1 is 1.11 bits per heavy atom. The lowest BCUT2D eigenvalue weighted by Gasteiger charge is -2.11. The molecule has 0 aliphatic heterocycles. The van der Waals surface area contributed by atoms with Crippen molar-refractivity contribution in [2.24, 2.45) is 10.7 Å². The zero-order valence-electron chi connectivity index (χ0n) is 20.0. The summed E-state index contributed by atoms with van der Waals surface area (Å²) in [6.07, 6.45) is -3.75. The maximum Gasteiger partial charge on any atom is 0.430 e. The van der Waals surface area contributed by atoms with Crippen LogP contribution in [0, 0.1) is 0 Å². The topological polar surface area (TPSA) is 111 Å². The monoisotopic (exact) mass is 551 g/mol. The molecule has 1 heterocycles. The summed E-state index contributed by atoms with van der Waals surface area (Å²) in [4.78, 5) is 16.9. The van der Waals surface area contributed by atoms with Gasteiger partial charge in [-0.05, 0) is 66.8 Å². The molecule has 3 rings (SSSR count). The van der Waals surface area contributed by atoms with Crippen molar-refractivity contribution in [2.45, 2.75) is 31.0 Å². The van der Waals surface area contributed by atoms with Crippen molar-refractivity contribution in [1.29, 1.82) is 0 Å². The highest BCUT2D eigenvalue weighted by Crippen LogP contribution is 2.33. The van der Waals surface area contributed by atoms with Crippen molar-refractivity contribution in [3.05, 3.63) is 76.6 Å². The first-order valence-corrected chi connectivity index (χ1v) is 13.6. The average molecular weight is 552 g/mol. The molecule has 0 saturated heterocycles. The van der Waals surface area contributed by atoms with E-state index in [9.17, 15) is 26.4 Å². The normalized spacial score (nSPS) is 13.1. The molecule has 12 heteroatoms. The van der Waals surface area contributed by atoms with E-state index < -0.39 is 27.8 Å². The van der Waals surface area contributed by atoms with Crippen molar-refractivity contribution in [3.8, 4) is 16.9 Å². The number of halogens is 3. The molecule has 2 aromatic carbocycles. The van der Waals surface area contributed by atoms with E-state index in [4.69, 9.17) is 10.5 Å². The molecule has 1 amide bonds. The van der Waals surface area contributed by atoms with Gasteiger partial charge >= 0.3 is 12.3 Å². The number of nitrogens with zero attached hydrogens (tertiary/aromatic N) is 1. The number of sulfone groups is 1. The lowest BCUT2D eigenvalue weighted by Crippen LogP contribution is -2.32. The Morgan fingerprint density at radius 2 is 1.81 bits per heavy atom. The van der Waals surface area contributed by atoms with Gasteiger partial charge in [0.1, 0.15) is 11.4 Å². The second-order valence-electron chi connectivity index (χ2n) is 8.25. The molecule has 3 aromatic rings. The fraction of sp³-hybridized carbons (Fsp3) is 0.200. The van der Waals surface area contributed by atoms with Crippen LogP contribution in [0.4, 0.5) is 23.7 Å². The summed E-state index contributed by atoms with van der Waals surface area (Å²) in [5, 5.41) is 4.23. The minimum absolute atomic E-state index is 0.0368. The Balaban J connectivity index is 2.09. The highest BCUT2D eigenvalue weighted by Gasteiger charge is 2.32. The van der Waals surface area contributed by atoms with Gasteiger partial charge in [0.05, 0.1) is 15.5 Å². The highest BCUT2D eigenvalue weighted by molar-refractivity contribution is 7.90. The number of hydrogen-bond donors (Lipinski definition) is 2. The van der Waals surface area contributed by atoms with Crippen LogP contribution < -0.4 is 15.8 Å². The van der Waals surface area contributed by atoms with E-state index in [0.29, 0.717) is 22.1 Å². The number of nitrogens with two attached hydrogens (primary N) is 1. The Hall–Kier alpha value is -3.64. The van der Waals surface area contributed by atoms with Crippen LogP contribution in [0.5, 0.6) is 5.75 Å². The molecule has 0 aliphatic carbocycles. The number of carbonyl (C=O) groups excluding carboxylic acids is 1. The molecule has 0 bridgehead atoms. The number of amides is 1. The Bertz CT molecular complexity index is 1460. The van der Waals surface area contributed by atoms with Crippen molar-refractivity contribution >= 4 is 38.7 Å². The number of allylic oxidation sites excluding steroid dienone is 2. The number of nitrogens with one attached hydrogen (secondary N) is 1. The van der Waals surface area contributed by atoms with Gasteiger partial charge in [-0.2, -0.15) is 13.2 Å². The lowest BCUT2D eigenvalue weighted by molar-refractivity contribution is -0.0925. The minimum atomic E-state index is -4.79. The van der Waals surface area contributed by atoms with E-state index in [-0.39, 0.29) is 28.1 Å². The van der Waals surface area contributed by atoms with Gasteiger partial charge in [-0.3, -0.25) is 0 Å². The molecule has 0 saturated carbocycles. The predicted octanol–water partition coefficient (Wildman–Crippen LogP) is 5.84. The maximum absolute atomic E-state index is 13.3. The number of hydrogen-bond acceptors (Lipinski definition) is 7. The number of para-hydroxylation sites is 2. The zero-order chi connectivity index (χ0) is 27.4. The van der Waals surface area contributed by atoms with E-state index in [1.807, 2.05) is 0 Å². The molecular formula is C25H24F3N3O4S2. The van der Waals surface area contributed by atoms with Crippen LogP contribution in [0.15, 0.2) is 81.6 Å². The van der Waals surface area contributed by atoms with E-state index in [2.05, 4.69) is 10.3 Å². The molecule has 0 radical (unpaired) electrons. The predicted molar refractivity (Wildman–Crippen MR) is 138 cm³/mol. The number of thiophene rings is 1. The first-order valence-electron chi connectivity index (χ1n) is 10.8. The van der Waals surface area contributed by atoms with E-state index in [1.54, 1.807) is 49.6 Å². The molecule has 1 aromatic heterocycles. The van der Waals surface area contributed by atoms with Crippen molar-refractivity contribution in [1.82, 2.24) is 5.32 Å². The summed E-state index contributed by atoms with van der Waals surface area (Å²) in [5.74, 6) is 0.0368. The van der Waals surface area contributed by atoms with Gasteiger partial charge in [-0.15, -0.1) is 11.3 Å². The van der Waals surface area contributed by atoms with Gasteiger partial charge in [-0.1, -0.05) is 24.3 Å². The first-order chi connectivity index (χ1) is 17.2. The van der Waals surface area contributed by atoms with Crippen LogP contribution >= 0.6 is 11.3 Å². The summed E-state index contributed by atoms with van der Waals surface area (Å²) >= 11 is 1.10. The van der Waals surface area contributed by atoms with Crippen molar-refractivity contribution < 1.29 is 31.1 Å². The van der Waals surface area contributed by atoms with Crippen LogP contribution in [0.25, 0.3) is 11.1 Å². The second kappa shape index (κ2) is 11.2. The summed E-state index contributed by atoms with van der Waals surface area (Å²) < 4.78 is 69.0. The standard InChI is InChI=1S/C25H24F3N3O4S2/c1-15(2)30-24(32)35-21-10-5-4-9-19(21)31-20(13-23(29)25(26,27)28)22-12-17(14-36-22)16-7-6-8-18(11-16)37(3,33)34/h4-15H,29H2,1-3H3,(H,30,32). The van der Waals surface area contributed by atoms with Gasteiger partial charge in [-0.25, -0.2) is 18.2 Å². The molecule has 0 atom stereocenters. The molecule has 0 spiro atoms. The molecule has 0 aliphatic rings. The van der Waals surface area contributed by atoms with Crippen LogP contribution in [-0.4, -0.2) is 38.7 Å². The van der Waals surface area contributed by atoms with Gasteiger partial charge < -0.3 is 15.8 Å². The van der Waals surface area contributed by atoms with E-state index in [0.717, 1.165) is 17.6 Å². The SMILES string of the molecule is CC(C)NC(=O)Oc1ccccc1N=C(C=C(N)C(F)(F)F)c1cc(-c2cccc(S(C)(=O)=O)c2)cs1. The van der Waals surface area contributed by atoms with Crippen molar-refractivity contribution in [2.75, 3.05) is 6.26 Å². The number of ether oxygens (including phenoxy) is 1. The molecule has 3 N–H and O–H groups in total. The first kappa shape index (κ1) is 27.9. The van der Waals surface area contributed by atoms with Gasteiger partial charge in [0.2, 0.25) is 0 Å². The Morgan fingerprint density at radius 3 is 2.46 bits per heavy atom. The number of alkyl halides is 3. The highest BCUT2D eigenvalue weighted by atomic mass is 32.2. The van der Waals surface area contributed by atoms with Crippen LogP contribution in [-0.2, 0) is 9.84 Å². The summed E-state index contributed by atoms with van der Waals surface area (Å²) in [7, 11) is -3.46. The fourth-order valence-electron chi connectivity index (χ4n) is 3.05. The average Bonchev–Trinajstić information content (AvgIpc) is 3.28. The van der Waals surface area contributed by atoms with Crippen LogP contribution in [0.2, 0.25) is 0 Å². The molecule has 0 fully saturated rings. The summed E-state index contributed by atoms with van der Waals surface area (Å²) in [5.41, 5.74) is 5.07. The smallest absolute Gasteiger partial charge is 0.408 e. The van der Waals surface area contributed by atoms with Gasteiger partial charge in [0.25, 0.3) is 0 Å². The third-order valence-electron chi connectivity index (χ3n) is 4.78. The minimum Gasteiger partial charge on any atom is -0.408 e. The summed E-state index contributed by atoms with van der Waals surface area (Å²) in [6, 6.07) is 13.7. The third-order valence-corrected chi connectivity index (χ3v) is 6.85. The van der Waals surface area contributed by atoms with E-state index >= 15 is 0 Å². The molecule has 7 nitrogen and oxygen atoms in total. The van der Waals surface area contributed by atoms with Crippen molar-refractivity contribution in [3.63, 3.8) is 0 Å².